The zero-order valence-corrected chi connectivity index (χ0v) is 11.9. The Bertz CT molecular complexity index is 464. The molecule has 110 valence electrons. The summed E-state index contributed by atoms with van der Waals surface area (Å²) < 4.78 is 0. The van der Waals surface area contributed by atoms with Crippen LogP contribution < -0.4 is 5.32 Å². The first-order chi connectivity index (χ1) is 9.50. The third-order valence-corrected chi connectivity index (χ3v) is 3.64. The first kappa shape index (κ1) is 16.3. The van der Waals surface area contributed by atoms with Crippen LogP contribution >= 0.6 is 0 Å². The molecule has 0 aliphatic heterocycles. The Hall–Kier alpha value is -1.75. The van der Waals surface area contributed by atoms with E-state index in [0.717, 1.165) is 25.0 Å². The van der Waals surface area contributed by atoms with Gasteiger partial charge in [0.15, 0.2) is 0 Å². The molecule has 2 N–H and O–H groups in total. The molecule has 1 aliphatic carbocycles. The van der Waals surface area contributed by atoms with E-state index >= 15 is 0 Å². The molecule has 0 aromatic rings. The number of aldehydes is 2. The second-order valence-corrected chi connectivity index (χ2v) is 5.20. The van der Waals surface area contributed by atoms with E-state index in [1.165, 1.54) is 6.08 Å². The highest BCUT2D eigenvalue weighted by atomic mass is 16.4. The monoisotopic (exact) mass is 279 g/mol. The van der Waals surface area contributed by atoms with Crippen molar-refractivity contribution in [2.75, 3.05) is 13.1 Å². The molecule has 5 nitrogen and oxygen atoms in total. The molecule has 0 saturated heterocycles. The quantitative estimate of drug-likeness (QED) is 0.519. The molecule has 0 saturated carbocycles. The zero-order valence-electron chi connectivity index (χ0n) is 11.9. The van der Waals surface area contributed by atoms with Crippen LogP contribution in [0.3, 0.4) is 0 Å². The molecule has 1 aliphatic rings. The summed E-state index contributed by atoms with van der Waals surface area (Å²) in [6.07, 6.45) is 4.91. The standard InChI is InChI=1S/C15H21NO4/c1-3-4-5-16-9-15(10-18)7-11(2)12(8-17)6-13(15)14(19)20/h6,8,10,16H,3-5,7,9H2,1-2H3,(H,19,20). The lowest BCUT2D eigenvalue weighted by Gasteiger charge is -2.33. The van der Waals surface area contributed by atoms with Crippen LogP contribution in [0.5, 0.6) is 0 Å². The number of hydrogen-bond donors (Lipinski definition) is 2. The molecule has 0 radical (unpaired) electrons. The van der Waals surface area contributed by atoms with Crippen molar-refractivity contribution in [2.24, 2.45) is 5.41 Å². The Morgan fingerprint density at radius 2 is 2.20 bits per heavy atom. The van der Waals surface area contributed by atoms with Crippen LogP contribution in [-0.2, 0) is 14.4 Å². The molecule has 0 heterocycles. The molecule has 0 bridgehead atoms. The van der Waals surface area contributed by atoms with Gasteiger partial charge in [0, 0.05) is 12.1 Å². The maximum Gasteiger partial charge on any atom is 0.332 e. The summed E-state index contributed by atoms with van der Waals surface area (Å²) in [6.45, 7) is 4.83. The summed E-state index contributed by atoms with van der Waals surface area (Å²) in [5, 5.41) is 12.5. The molecule has 20 heavy (non-hydrogen) atoms. The van der Waals surface area contributed by atoms with Gasteiger partial charge in [0.25, 0.3) is 0 Å². The van der Waals surface area contributed by atoms with Crippen LogP contribution in [0.25, 0.3) is 0 Å². The lowest BCUT2D eigenvalue weighted by atomic mass is 9.71. The smallest absolute Gasteiger partial charge is 0.332 e. The normalized spacial score (nSPS) is 22.4. The average molecular weight is 279 g/mol. The van der Waals surface area contributed by atoms with Crippen molar-refractivity contribution in [3.63, 3.8) is 0 Å². The minimum atomic E-state index is -1.15. The fourth-order valence-electron chi connectivity index (χ4n) is 2.42. The first-order valence-electron chi connectivity index (χ1n) is 6.78. The van der Waals surface area contributed by atoms with Gasteiger partial charge in [-0.25, -0.2) is 4.79 Å². The van der Waals surface area contributed by atoms with E-state index in [-0.39, 0.29) is 18.5 Å². The SMILES string of the molecule is CCCCNCC1(C=O)CC(C)=C(C=O)C=C1C(=O)O. The summed E-state index contributed by atoms with van der Waals surface area (Å²) in [5.41, 5.74) is 0.00270. The van der Waals surface area contributed by atoms with E-state index in [1.54, 1.807) is 6.92 Å². The van der Waals surface area contributed by atoms with Gasteiger partial charge in [-0.05, 0) is 32.4 Å². The number of carbonyl (C=O) groups is 3. The first-order valence-corrected chi connectivity index (χ1v) is 6.78. The largest absolute Gasteiger partial charge is 0.478 e. The number of allylic oxidation sites excluding steroid dienone is 3. The van der Waals surface area contributed by atoms with Crippen LogP contribution in [0, 0.1) is 5.41 Å². The Kier molecular flexibility index (Phi) is 5.82. The van der Waals surface area contributed by atoms with Crippen LogP contribution in [0.2, 0.25) is 0 Å². The minimum Gasteiger partial charge on any atom is -0.478 e. The van der Waals surface area contributed by atoms with E-state index in [4.69, 9.17) is 0 Å². The van der Waals surface area contributed by atoms with E-state index in [0.29, 0.717) is 18.1 Å². The topological polar surface area (TPSA) is 83.5 Å². The average Bonchev–Trinajstić information content (AvgIpc) is 2.43. The zero-order chi connectivity index (χ0) is 15.2. The molecule has 1 atom stereocenters. The van der Waals surface area contributed by atoms with Crippen LogP contribution in [-0.4, -0.2) is 36.7 Å². The van der Waals surface area contributed by atoms with Crippen molar-refractivity contribution >= 4 is 18.5 Å². The molecule has 0 spiro atoms. The second kappa shape index (κ2) is 7.14. The number of nitrogens with one attached hydrogen (secondary N) is 1. The van der Waals surface area contributed by atoms with E-state index in [2.05, 4.69) is 12.2 Å². The third kappa shape index (κ3) is 3.42. The summed E-state index contributed by atoms with van der Waals surface area (Å²) >= 11 is 0. The van der Waals surface area contributed by atoms with Crippen molar-refractivity contribution < 1.29 is 19.5 Å². The summed E-state index contributed by atoms with van der Waals surface area (Å²) in [6, 6.07) is 0. The lowest BCUT2D eigenvalue weighted by molar-refractivity contribution is -0.135. The second-order valence-electron chi connectivity index (χ2n) is 5.20. The van der Waals surface area contributed by atoms with Gasteiger partial charge < -0.3 is 15.2 Å². The summed E-state index contributed by atoms with van der Waals surface area (Å²) in [5.74, 6) is -1.15. The number of aliphatic carboxylic acids is 1. The minimum absolute atomic E-state index is 0.0100. The Morgan fingerprint density at radius 3 is 2.70 bits per heavy atom. The van der Waals surface area contributed by atoms with Gasteiger partial charge in [0.05, 0.1) is 11.0 Å². The molecule has 0 fully saturated rings. The van der Waals surface area contributed by atoms with Crippen molar-refractivity contribution in [3.05, 3.63) is 22.8 Å². The fourth-order valence-corrected chi connectivity index (χ4v) is 2.42. The maximum absolute atomic E-state index is 11.5. The van der Waals surface area contributed by atoms with Crippen molar-refractivity contribution in [1.29, 1.82) is 0 Å². The van der Waals surface area contributed by atoms with Crippen molar-refractivity contribution in [3.8, 4) is 0 Å². The predicted octanol–water partition coefficient (Wildman–Crippen LogP) is 1.49. The van der Waals surface area contributed by atoms with E-state index < -0.39 is 11.4 Å². The predicted molar refractivity (Wildman–Crippen MR) is 75.4 cm³/mol. The van der Waals surface area contributed by atoms with Gasteiger partial charge in [-0.2, -0.15) is 0 Å². The van der Waals surface area contributed by atoms with Gasteiger partial charge >= 0.3 is 5.97 Å². The van der Waals surface area contributed by atoms with Crippen LogP contribution in [0.4, 0.5) is 0 Å². The van der Waals surface area contributed by atoms with Gasteiger partial charge in [0.2, 0.25) is 0 Å². The number of hydrogen-bond acceptors (Lipinski definition) is 4. The molecular formula is C15H21NO4. The lowest BCUT2D eigenvalue weighted by Crippen LogP contribution is -2.42. The molecule has 0 aromatic carbocycles. The Balaban J connectivity index is 3.03. The fraction of sp³-hybridized carbons (Fsp3) is 0.533. The number of carbonyl (C=O) groups excluding carboxylic acids is 2. The van der Waals surface area contributed by atoms with Gasteiger partial charge in [0.1, 0.15) is 12.6 Å². The number of carboxylic acid groups (broad SMARTS) is 1. The van der Waals surface area contributed by atoms with Crippen molar-refractivity contribution in [2.45, 2.75) is 33.1 Å². The molecule has 0 amide bonds. The van der Waals surface area contributed by atoms with Gasteiger partial charge in [-0.1, -0.05) is 18.9 Å². The van der Waals surface area contributed by atoms with Gasteiger partial charge in [-0.3, -0.25) is 4.79 Å². The molecule has 1 rings (SSSR count). The van der Waals surface area contributed by atoms with Crippen LogP contribution in [0.1, 0.15) is 33.1 Å². The Labute approximate surface area is 118 Å². The highest BCUT2D eigenvalue weighted by molar-refractivity contribution is 5.97. The Morgan fingerprint density at radius 1 is 1.50 bits per heavy atom. The van der Waals surface area contributed by atoms with E-state index in [1.807, 2.05) is 0 Å². The number of rotatable bonds is 8. The number of carboxylic acids is 1. The van der Waals surface area contributed by atoms with Crippen molar-refractivity contribution in [1.82, 2.24) is 5.32 Å². The summed E-state index contributed by atoms with van der Waals surface area (Å²) in [4.78, 5) is 33.9. The van der Waals surface area contributed by atoms with Gasteiger partial charge in [-0.15, -0.1) is 0 Å². The molecule has 5 heteroatoms. The third-order valence-electron chi connectivity index (χ3n) is 3.64. The number of unbranched alkanes of at least 4 members (excludes halogenated alkanes) is 1. The van der Waals surface area contributed by atoms with E-state index in [9.17, 15) is 19.5 Å². The highest BCUT2D eigenvalue weighted by Gasteiger charge is 2.40. The summed E-state index contributed by atoms with van der Waals surface area (Å²) in [7, 11) is 0. The molecule has 0 aromatic heterocycles. The maximum atomic E-state index is 11.5. The highest BCUT2D eigenvalue weighted by Crippen LogP contribution is 2.38. The molecule has 1 unspecified atom stereocenters. The molecular weight excluding hydrogens is 258 g/mol. The van der Waals surface area contributed by atoms with Crippen LogP contribution in [0.15, 0.2) is 22.8 Å².